The molecule has 2 rings (SSSR count). The second-order valence-corrected chi connectivity index (χ2v) is 5.63. The second-order valence-electron chi connectivity index (χ2n) is 4.38. The van der Waals surface area contributed by atoms with Gasteiger partial charge in [0.2, 0.25) is 11.8 Å². The Morgan fingerprint density at radius 1 is 0.818 bits per heavy atom. The molecule has 0 aliphatic carbocycles. The van der Waals surface area contributed by atoms with Crippen molar-refractivity contribution >= 4 is 58.0 Å². The summed E-state index contributed by atoms with van der Waals surface area (Å²) < 4.78 is 0. The molecule has 114 valence electrons. The molecule has 0 spiro atoms. The van der Waals surface area contributed by atoms with E-state index < -0.39 is 11.8 Å². The first kappa shape index (κ1) is 16.6. The molecule has 0 unspecified atom stereocenters. The maximum absolute atomic E-state index is 11.8. The molecular weight excluding hydrogens is 347 g/mol. The molecular formula is C15H11Cl3N2O2. The maximum Gasteiger partial charge on any atom is 0.233 e. The molecule has 2 amide bonds. The zero-order chi connectivity index (χ0) is 16.1. The lowest BCUT2D eigenvalue weighted by Crippen LogP contribution is -2.21. The van der Waals surface area contributed by atoms with Crippen molar-refractivity contribution < 1.29 is 9.59 Å². The zero-order valence-corrected chi connectivity index (χ0v) is 13.5. The molecule has 0 heterocycles. The minimum absolute atomic E-state index is 0.298. The minimum atomic E-state index is -0.492. The summed E-state index contributed by atoms with van der Waals surface area (Å²) in [4.78, 5) is 23.7. The Hall–Kier alpha value is -1.75. The lowest BCUT2D eigenvalue weighted by atomic mass is 10.2. The number of rotatable bonds is 4. The predicted molar refractivity (Wildman–Crippen MR) is 89.8 cm³/mol. The van der Waals surface area contributed by atoms with E-state index >= 15 is 0 Å². The summed E-state index contributed by atoms with van der Waals surface area (Å²) in [5.74, 6) is -0.968. The molecule has 0 aliphatic rings. The van der Waals surface area contributed by atoms with Gasteiger partial charge in [-0.25, -0.2) is 0 Å². The Balaban J connectivity index is 1.94. The van der Waals surface area contributed by atoms with Gasteiger partial charge in [0.05, 0.1) is 21.4 Å². The van der Waals surface area contributed by atoms with Crippen LogP contribution in [0.1, 0.15) is 6.42 Å². The zero-order valence-electron chi connectivity index (χ0n) is 11.2. The molecule has 2 aromatic rings. The molecule has 0 saturated carbocycles. The van der Waals surface area contributed by atoms with Crippen molar-refractivity contribution in [2.45, 2.75) is 6.42 Å². The number of halogens is 3. The van der Waals surface area contributed by atoms with Gasteiger partial charge in [-0.05, 0) is 30.3 Å². The lowest BCUT2D eigenvalue weighted by Gasteiger charge is -2.09. The fourth-order valence-electron chi connectivity index (χ4n) is 1.69. The average molecular weight is 358 g/mol. The third kappa shape index (κ3) is 4.63. The van der Waals surface area contributed by atoms with Crippen LogP contribution in [-0.4, -0.2) is 11.8 Å². The topological polar surface area (TPSA) is 58.2 Å². The van der Waals surface area contributed by atoms with E-state index in [2.05, 4.69) is 10.6 Å². The van der Waals surface area contributed by atoms with Gasteiger partial charge in [0.1, 0.15) is 6.42 Å². The number of amides is 2. The van der Waals surface area contributed by atoms with Crippen LogP contribution in [0.25, 0.3) is 0 Å². The summed E-state index contributed by atoms with van der Waals surface area (Å²) in [5.41, 5.74) is 0.841. The van der Waals surface area contributed by atoms with Gasteiger partial charge in [-0.1, -0.05) is 46.9 Å². The summed E-state index contributed by atoms with van der Waals surface area (Å²) in [6.07, 6.45) is -0.357. The first-order valence-corrected chi connectivity index (χ1v) is 7.38. The molecule has 0 bridgehead atoms. The minimum Gasteiger partial charge on any atom is -0.324 e. The number of anilines is 2. The SMILES string of the molecule is O=C(CC(=O)Nc1ccc(Cl)cc1Cl)Nc1ccccc1Cl. The molecule has 4 nitrogen and oxygen atoms in total. The van der Waals surface area contributed by atoms with Crippen LogP contribution in [-0.2, 0) is 9.59 Å². The second kappa shape index (κ2) is 7.49. The number of carbonyl (C=O) groups is 2. The highest BCUT2D eigenvalue weighted by Crippen LogP contribution is 2.25. The van der Waals surface area contributed by atoms with Gasteiger partial charge >= 0.3 is 0 Å². The number of hydrogen-bond acceptors (Lipinski definition) is 2. The van der Waals surface area contributed by atoms with E-state index in [1.807, 2.05) is 0 Å². The standard InChI is InChI=1S/C15H11Cl3N2O2/c16-9-5-6-13(11(18)7-9)20-15(22)8-14(21)19-12-4-2-1-3-10(12)17/h1-7H,8H2,(H,19,21)(H,20,22). The Morgan fingerprint density at radius 3 is 2.00 bits per heavy atom. The Bertz CT molecular complexity index is 720. The van der Waals surface area contributed by atoms with Crippen molar-refractivity contribution in [1.82, 2.24) is 0 Å². The quantitative estimate of drug-likeness (QED) is 0.785. The van der Waals surface area contributed by atoms with E-state index in [9.17, 15) is 9.59 Å². The monoisotopic (exact) mass is 356 g/mol. The highest BCUT2D eigenvalue weighted by molar-refractivity contribution is 6.37. The number of hydrogen-bond donors (Lipinski definition) is 2. The molecule has 0 saturated heterocycles. The Kier molecular flexibility index (Phi) is 5.66. The molecule has 7 heteroatoms. The number of carbonyl (C=O) groups excluding carboxylic acids is 2. The molecule has 0 atom stereocenters. The van der Waals surface area contributed by atoms with E-state index in [1.54, 1.807) is 36.4 Å². The van der Waals surface area contributed by atoms with Crippen molar-refractivity contribution in [2.75, 3.05) is 10.6 Å². The summed E-state index contributed by atoms with van der Waals surface area (Å²) >= 11 is 17.6. The first-order valence-electron chi connectivity index (χ1n) is 6.25. The van der Waals surface area contributed by atoms with Gasteiger partial charge in [0.25, 0.3) is 0 Å². The third-order valence-electron chi connectivity index (χ3n) is 2.67. The molecule has 0 aliphatic heterocycles. The molecule has 22 heavy (non-hydrogen) atoms. The van der Waals surface area contributed by atoms with Gasteiger partial charge in [-0.3, -0.25) is 9.59 Å². The summed E-state index contributed by atoms with van der Waals surface area (Å²) in [6, 6.07) is 11.4. The van der Waals surface area contributed by atoms with Crippen LogP contribution in [0.5, 0.6) is 0 Å². The predicted octanol–water partition coefficient (Wildman–Crippen LogP) is 4.61. The Morgan fingerprint density at radius 2 is 1.41 bits per heavy atom. The van der Waals surface area contributed by atoms with Crippen LogP contribution >= 0.6 is 34.8 Å². The Labute approximate surface area is 142 Å². The van der Waals surface area contributed by atoms with Crippen molar-refractivity contribution in [1.29, 1.82) is 0 Å². The van der Waals surface area contributed by atoms with Crippen molar-refractivity contribution in [3.63, 3.8) is 0 Å². The third-order valence-corrected chi connectivity index (χ3v) is 3.55. The smallest absolute Gasteiger partial charge is 0.233 e. The maximum atomic E-state index is 11.8. The fraction of sp³-hybridized carbons (Fsp3) is 0.0667. The van der Waals surface area contributed by atoms with Crippen LogP contribution in [0, 0.1) is 0 Å². The van der Waals surface area contributed by atoms with Crippen LogP contribution in [0.3, 0.4) is 0 Å². The van der Waals surface area contributed by atoms with E-state index in [0.717, 1.165) is 0 Å². The van der Waals surface area contributed by atoms with Crippen LogP contribution in [0.15, 0.2) is 42.5 Å². The summed E-state index contributed by atoms with van der Waals surface area (Å²) in [7, 11) is 0. The van der Waals surface area contributed by atoms with Crippen molar-refractivity contribution in [2.24, 2.45) is 0 Å². The van der Waals surface area contributed by atoms with Gasteiger partial charge in [0.15, 0.2) is 0 Å². The van der Waals surface area contributed by atoms with Gasteiger partial charge < -0.3 is 10.6 Å². The van der Waals surface area contributed by atoms with Crippen molar-refractivity contribution in [3.8, 4) is 0 Å². The van der Waals surface area contributed by atoms with Crippen molar-refractivity contribution in [3.05, 3.63) is 57.5 Å². The number of para-hydroxylation sites is 1. The van der Waals surface area contributed by atoms with E-state index in [1.165, 1.54) is 6.07 Å². The molecule has 2 N–H and O–H groups in total. The largest absolute Gasteiger partial charge is 0.324 e. The van der Waals surface area contributed by atoms with Gasteiger partial charge in [0, 0.05) is 5.02 Å². The van der Waals surface area contributed by atoms with Crippen LogP contribution in [0.4, 0.5) is 11.4 Å². The summed E-state index contributed by atoms with van der Waals surface area (Å²) in [5, 5.41) is 6.27. The average Bonchev–Trinajstić information content (AvgIpc) is 2.44. The summed E-state index contributed by atoms with van der Waals surface area (Å²) in [6.45, 7) is 0. The highest BCUT2D eigenvalue weighted by atomic mass is 35.5. The molecule has 2 aromatic carbocycles. The van der Waals surface area contributed by atoms with E-state index in [-0.39, 0.29) is 6.42 Å². The molecule has 0 aromatic heterocycles. The number of benzene rings is 2. The van der Waals surface area contributed by atoms with Crippen LogP contribution < -0.4 is 10.6 Å². The highest BCUT2D eigenvalue weighted by Gasteiger charge is 2.12. The van der Waals surface area contributed by atoms with Gasteiger partial charge in [-0.15, -0.1) is 0 Å². The molecule has 0 radical (unpaired) electrons. The first-order chi connectivity index (χ1) is 10.5. The van der Waals surface area contributed by atoms with E-state index in [0.29, 0.717) is 26.4 Å². The molecule has 0 fully saturated rings. The fourth-order valence-corrected chi connectivity index (χ4v) is 2.33. The lowest BCUT2D eigenvalue weighted by molar-refractivity contribution is -0.123. The van der Waals surface area contributed by atoms with Gasteiger partial charge in [-0.2, -0.15) is 0 Å². The van der Waals surface area contributed by atoms with E-state index in [4.69, 9.17) is 34.8 Å². The van der Waals surface area contributed by atoms with Crippen LogP contribution in [0.2, 0.25) is 15.1 Å². The normalized spacial score (nSPS) is 10.1. The number of nitrogens with one attached hydrogen (secondary N) is 2.